The molecule has 1 amide bonds. The van der Waals surface area contributed by atoms with Crippen molar-refractivity contribution in [2.24, 2.45) is 0 Å². The molecule has 1 aliphatic rings. The van der Waals surface area contributed by atoms with Crippen LogP contribution in [-0.2, 0) is 16.1 Å². The van der Waals surface area contributed by atoms with Gasteiger partial charge in [-0.2, -0.15) is 5.10 Å². The second kappa shape index (κ2) is 7.37. The fourth-order valence-electron chi connectivity index (χ4n) is 3.10. The molecule has 0 aromatic carbocycles. The third kappa shape index (κ3) is 4.08. The van der Waals surface area contributed by atoms with E-state index in [1.54, 1.807) is 0 Å². The summed E-state index contributed by atoms with van der Waals surface area (Å²) in [7, 11) is 0. The Morgan fingerprint density at radius 3 is 2.80 bits per heavy atom. The van der Waals surface area contributed by atoms with Gasteiger partial charge in [0, 0.05) is 18.7 Å². The highest BCUT2D eigenvalue weighted by Crippen LogP contribution is 2.19. The van der Waals surface area contributed by atoms with Crippen LogP contribution < -0.4 is 5.32 Å². The molecule has 1 atom stereocenters. The summed E-state index contributed by atoms with van der Waals surface area (Å²) in [5.74, 6) is 0.775. The van der Waals surface area contributed by atoms with Gasteiger partial charge in [0.15, 0.2) is 0 Å². The maximum Gasteiger partial charge on any atom is 0.238 e. The summed E-state index contributed by atoms with van der Waals surface area (Å²) >= 11 is 0. The van der Waals surface area contributed by atoms with Crippen molar-refractivity contribution in [1.29, 1.82) is 0 Å². The molecule has 0 radical (unpaired) electrons. The Labute approximate surface area is 146 Å². The molecule has 2 N–H and O–H groups in total. The van der Waals surface area contributed by atoms with Crippen molar-refractivity contribution in [2.45, 2.75) is 46.8 Å². The minimum Gasteiger partial charge on any atom is -0.372 e. The van der Waals surface area contributed by atoms with Gasteiger partial charge in [0.2, 0.25) is 5.91 Å². The van der Waals surface area contributed by atoms with E-state index in [9.17, 15) is 4.79 Å². The third-order valence-corrected chi connectivity index (χ3v) is 4.63. The zero-order chi connectivity index (χ0) is 18.0. The highest BCUT2D eigenvalue weighted by atomic mass is 16.5. The minimum atomic E-state index is -0.0287. The normalized spacial score (nSPS) is 18.0. The van der Waals surface area contributed by atoms with Gasteiger partial charge in [-0.1, -0.05) is 5.16 Å². The number of H-pyrrole nitrogens is 1. The van der Waals surface area contributed by atoms with Crippen molar-refractivity contribution in [3.63, 3.8) is 0 Å². The lowest BCUT2D eigenvalue weighted by molar-refractivity contribution is -0.117. The van der Waals surface area contributed by atoms with Gasteiger partial charge in [0.05, 0.1) is 42.0 Å². The smallest absolute Gasteiger partial charge is 0.238 e. The molecule has 3 rings (SSSR count). The Balaban J connectivity index is 1.46. The van der Waals surface area contributed by atoms with E-state index >= 15 is 0 Å². The average Bonchev–Trinajstić information content (AvgIpc) is 3.23. The summed E-state index contributed by atoms with van der Waals surface area (Å²) in [4.78, 5) is 14.4. The van der Waals surface area contributed by atoms with Crippen LogP contribution in [0.3, 0.4) is 0 Å². The van der Waals surface area contributed by atoms with E-state index in [-0.39, 0.29) is 12.0 Å². The summed E-state index contributed by atoms with van der Waals surface area (Å²) in [6, 6.07) is 0. The molecule has 8 nitrogen and oxygen atoms in total. The maximum absolute atomic E-state index is 12.3. The molecule has 1 unspecified atom stereocenters. The fraction of sp³-hybridized carbons (Fsp3) is 0.588. The molecule has 3 heterocycles. The number of hydrogen-bond acceptors (Lipinski definition) is 6. The first-order chi connectivity index (χ1) is 11.9. The zero-order valence-electron chi connectivity index (χ0n) is 15.2. The van der Waals surface area contributed by atoms with E-state index in [0.29, 0.717) is 13.2 Å². The van der Waals surface area contributed by atoms with Crippen LogP contribution in [0.4, 0.5) is 5.69 Å². The van der Waals surface area contributed by atoms with Crippen molar-refractivity contribution in [2.75, 3.05) is 25.0 Å². The molecule has 136 valence electrons. The Kier molecular flexibility index (Phi) is 5.19. The van der Waals surface area contributed by atoms with E-state index in [4.69, 9.17) is 9.26 Å². The number of hydrogen-bond donors (Lipinski definition) is 2. The molecular weight excluding hydrogens is 322 g/mol. The number of rotatable bonds is 6. The quantitative estimate of drug-likeness (QED) is 0.828. The number of aromatic nitrogens is 3. The maximum atomic E-state index is 12.3. The van der Waals surface area contributed by atoms with Crippen molar-refractivity contribution < 1.29 is 14.1 Å². The molecule has 0 spiro atoms. The van der Waals surface area contributed by atoms with Gasteiger partial charge >= 0.3 is 0 Å². The summed E-state index contributed by atoms with van der Waals surface area (Å²) in [6.07, 6.45) is 1.04. The molecule has 25 heavy (non-hydrogen) atoms. The van der Waals surface area contributed by atoms with Gasteiger partial charge in [0.1, 0.15) is 5.76 Å². The Bertz CT molecular complexity index is 713. The van der Waals surface area contributed by atoms with Crippen LogP contribution in [0.15, 0.2) is 4.52 Å². The predicted octanol–water partition coefficient (Wildman–Crippen LogP) is 1.86. The van der Waals surface area contributed by atoms with Crippen LogP contribution in [0, 0.1) is 27.7 Å². The summed E-state index contributed by atoms with van der Waals surface area (Å²) in [6.45, 7) is 10.0. The second-order valence-electron chi connectivity index (χ2n) is 6.62. The van der Waals surface area contributed by atoms with E-state index in [1.807, 2.05) is 27.7 Å². The van der Waals surface area contributed by atoms with Crippen LogP contribution >= 0.6 is 0 Å². The second-order valence-corrected chi connectivity index (χ2v) is 6.62. The van der Waals surface area contributed by atoms with Crippen LogP contribution in [-0.4, -0.2) is 51.9 Å². The van der Waals surface area contributed by atoms with E-state index in [0.717, 1.165) is 53.6 Å². The summed E-state index contributed by atoms with van der Waals surface area (Å²) in [5.41, 5.74) is 4.33. The predicted molar refractivity (Wildman–Crippen MR) is 92.3 cm³/mol. The SMILES string of the molecule is Cc1noc(C)c1COC1CCN(CC(=O)Nc2c(C)n[nH]c2C)C1. The standard InChI is InChI=1S/C17H25N5O3/c1-10-15(13(4)25-21-10)9-24-14-5-6-22(7-14)8-16(23)18-17-11(2)19-20-12(17)3/h14H,5-9H2,1-4H3,(H,18,23)(H,19,20). The number of ether oxygens (including phenoxy) is 1. The van der Waals surface area contributed by atoms with Gasteiger partial charge in [0.25, 0.3) is 0 Å². The Hall–Kier alpha value is -2.19. The van der Waals surface area contributed by atoms with E-state index in [1.165, 1.54) is 0 Å². The number of carbonyl (C=O) groups excluding carboxylic acids is 1. The van der Waals surface area contributed by atoms with Gasteiger partial charge in [-0.25, -0.2) is 0 Å². The van der Waals surface area contributed by atoms with Crippen molar-refractivity contribution in [3.8, 4) is 0 Å². The summed E-state index contributed by atoms with van der Waals surface area (Å²) < 4.78 is 11.1. The molecule has 0 bridgehead atoms. The van der Waals surface area contributed by atoms with E-state index in [2.05, 4.69) is 25.6 Å². The van der Waals surface area contributed by atoms with Gasteiger partial charge < -0.3 is 14.6 Å². The largest absolute Gasteiger partial charge is 0.372 e. The highest BCUT2D eigenvalue weighted by Gasteiger charge is 2.25. The molecule has 1 fully saturated rings. The Morgan fingerprint density at radius 2 is 2.16 bits per heavy atom. The lowest BCUT2D eigenvalue weighted by Gasteiger charge is -2.16. The van der Waals surface area contributed by atoms with Gasteiger partial charge in [-0.3, -0.25) is 14.8 Å². The van der Waals surface area contributed by atoms with Crippen molar-refractivity contribution >= 4 is 11.6 Å². The third-order valence-electron chi connectivity index (χ3n) is 4.63. The molecular formula is C17H25N5O3. The molecule has 1 aliphatic heterocycles. The first-order valence-corrected chi connectivity index (χ1v) is 8.51. The topological polar surface area (TPSA) is 96.3 Å². The average molecular weight is 347 g/mol. The molecule has 8 heteroatoms. The Morgan fingerprint density at radius 1 is 1.36 bits per heavy atom. The van der Waals surface area contributed by atoms with Gasteiger partial charge in [-0.05, 0) is 34.1 Å². The monoisotopic (exact) mass is 347 g/mol. The van der Waals surface area contributed by atoms with Crippen LogP contribution in [0.2, 0.25) is 0 Å². The first kappa shape index (κ1) is 17.6. The van der Waals surface area contributed by atoms with Gasteiger partial charge in [-0.15, -0.1) is 0 Å². The molecule has 0 aliphatic carbocycles. The van der Waals surface area contributed by atoms with Crippen molar-refractivity contribution in [3.05, 3.63) is 28.4 Å². The molecule has 0 saturated carbocycles. The molecule has 2 aromatic heterocycles. The van der Waals surface area contributed by atoms with Crippen LogP contribution in [0.5, 0.6) is 0 Å². The number of nitrogens with one attached hydrogen (secondary N) is 2. The number of aryl methyl sites for hydroxylation is 4. The zero-order valence-corrected chi connectivity index (χ0v) is 15.2. The van der Waals surface area contributed by atoms with E-state index < -0.39 is 0 Å². The highest BCUT2D eigenvalue weighted by molar-refractivity contribution is 5.93. The number of nitrogens with zero attached hydrogens (tertiary/aromatic N) is 3. The fourth-order valence-corrected chi connectivity index (χ4v) is 3.10. The summed E-state index contributed by atoms with van der Waals surface area (Å²) in [5, 5.41) is 13.8. The van der Waals surface area contributed by atoms with Crippen LogP contribution in [0.25, 0.3) is 0 Å². The number of likely N-dealkylation sites (tertiary alicyclic amines) is 1. The minimum absolute atomic E-state index is 0.0287. The lowest BCUT2D eigenvalue weighted by Crippen LogP contribution is -2.32. The number of carbonyl (C=O) groups is 1. The number of aromatic amines is 1. The first-order valence-electron chi connectivity index (χ1n) is 8.51. The van der Waals surface area contributed by atoms with Crippen LogP contribution in [0.1, 0.15) is 34.8 Å². The molecule has 2 aromatic rings. The number of anilines is 1. The lowest BCUT2D eigenvalue weighted by atomic mass is 10.2. The number of amides is 1. The van der Waals surface area contributed by atoms with Crippen molar-refractivity contribution in [1.82, 2.24) is 20.3 Å². The molecule has 1 saturated heterocycles.